The van der Waals surface area contributed by atoms with Crippen molar-refractivity contribution in [3.05, 3.63) is 23.0 Å². The summed E-state index contributed by atoms with van der Waals surface area (Å²) in [6, 6.07) is -0.473. The summed E-state index contributed by atoms with van der Waals surface area (Å²) in [5, 5.41) is 18.7. The molecular weight excluding hydrogens is 218 g/mol. The highest BCUT2D eigenvalue weighted by Gasteiger charge is 2.16. The molecule has 0 aliphatic heterocycles. The van der Waals surface area contributed by atoms with Crippen LogP contribution in [-0.4, -0.2) is 21.7 Å². The number of halogens is 1. The average molecular weight is 234 g/mol. The Morgan fingerprint density at radius 3 is 2.60 bits per heavy atom. The van der Waals surface area contributed by atoms with Crippen molar-refractivity contribution >= 4 is 12.4 Å². The van der Waals surface area contributed by atoms with Crippen molar-refractivity contribution in [2.24, 2.45) is 11.5 Å². The molecule has 1 aromatic heterocycles. The van der Waals surface area contributed by atoms with Crippen molar-refractivity contribution in [2.75, 3.05) is 6.54 Å². The molecule has 1 rings (SSSR count). The molecule has 1 aromatic rings. The molecule has 0 aliphatic rings. The van der Waals surface area contributed by atoms with Gasteiger partial charge in [0.15, 0.2) is 0 Å². The van der Waals surface area contributed by atoms with E-state index in [1.54, 1.807) is 6.92 Å². The highest BCUT2D eigenvalue weighted by atomic mass is 35.5. The SMILES string of the molecule is Cc1ncc(CO)c([C@@H](N)CN)c1O.Cl. The zero-order valence-electron chi connectivity index (χ0n) is 8.47. The van der Waals surface area contributed by atoms with Gasteiger partial charge < -0.3 is 21.7 Å². The van der Waals surface area contributed by atoms with Gasteiger partial charge in [0, 0.05) is 29.9 Å². The van der Waals surface area contributed by atoms with E-state index in [0.29, 0.717) is 16.8 Å². The van der Waals surface area contributed by atoms with Crippen LogP contribution >= 0.6 is 12.4 Å². The molecule has 1 atom stereocenters. The number of aliphatic hydroxyl groups is 1. The maximum Gasteiger partial charge on any atom is 0.141 e. The summed E-state index contributed by atoms with van der Waals surface area (Å²) in [5.74, 6) is 0.0227. The van der Waals surface area contributed by atoms with Crippen LogP contribution in [0.4, 0.5) is 0 Å². The third kappa shape index (κ3) is 2.79. The molecule has 6 heteroatoms. The molecule has 0 saturated carbocycles. The van der Waals surface area contributed by atoms with Crippen molar-refractivity contribution < 1.29 is 10.2 Å². The van der Waals surface area contributed by atoms with Crippen LogP contribution in [0.15, 0.2) is 6.20 Å². The highest BCUT2D eigenvalue weighted by molar-refractivity contribution is 5.85. The minimum absolute atomic E-state index is 0. The van der Waals surface area contributed by atoms with Gasteiger partial charge in [-0.15, -0.1) is 12.4 Å². The van der Waals surface area contributed by atoms with E-state index >= 15 is 0 Å². The molecule has 0 unspecified atom stereocenters. The van der Waals surface area contributed by atoms with E-state index < -0.39 is 6.04 Å². The molecule has 0 bridgehead atoms. The van der Waals surface area contributed by atoms with Crippen LogP contribution in [0.25, 0.3) is 0 Å². The summed E-state index contributed by atoms with van der Waals surface area (Å²) < 4.78 is 0. The zero-order valence-corrected chi connectivity index (χ0v) is 9.29. The standard InChI is InChI=1S/C9H15N3O2.ClH/c1-5-9(14)8(7(11)2-10)6(4-13)3-12-5;/h3,7,13-14H,2,4,10-11H2,1H3;1H/t7-;/m0./s1. The second kappa shape index (κ2) is 5.87. The Hall–Kier alpha value is -0.880. The number of pyridine rings is 1. The summed E-state index contributed by atoms with van der Waals surface area (Å²) in [7, 11) is 0. The molecule has 5 nitrogen and oxygen atoms in total. The normalized spacial score (nSPS) is 12.0. The third-order valence-electron chi connectivity index (χ3n) is 2.15. The van der Waals surface area contributed by atoms with E-state index in [2.05, 4.69) is 4.98 Å². The fourth-order valence-corrected chi connectivity index (χ4v) is 1.31. The van der Waals surface area contributed by atoms with Gasteiger partial charge in [0.1, 0.15) is 5.75 Å². The van der Waals surface area contributed by atoms with E-state index in [1.165, 1.54) is 6.20 Å². The number of aromatic nitrogens is 1. The second-order valence-corrected chi connectivity index (χ2v) is 3.13. The van der Waals surface area contributed by atoms with Gasteiger partial charge in [0.05, 0.1) is 12.3 Å². The Kier molecular flexibility index (Phi) is 5.53. The summed E-state index contributed by atoms with van der Waals surface area (Å²) in [5.41, 5.74) is 12.6. The Labute approximate surface area is 94.5 Å². The van der Waals surface area contributed by atoms with Crippen LogP contribution in [0, 0.1) is 6.92 Å². The number of aromatic hydroxyl groups is 1. The van der Waals surface area contributed by atoms with Crippen LogP contribution in [0.5, 0.6) is 5.75 Å². The van der Waals surface area contributed by atoms with Crippen LogP contribution < -0.4 is 11.5 Å². The van der Waals surface area contributed by atoms with E-state index in [0.717, 1.165) is 0 Å². The van der Waals surface area contributed by atoms with Gasteiger partial charge in [-0.1, -0.05) is 0 Å². The van der Waals surface area contributed by atoms with Gasteiger partial charge in [0.2, 0.25) is 0 Å². The minimum Gasteiger partial charge on any atom is -0.506 e. The number of aryl methyl sites for hydroxylation is 1. The minimum atomic E-state index is -0.473. The molecule has 0 amide bonds. The molecule has 6 N–H and O–H groups in total. The van der Waals surface area contributed by atoms with Crippen LogP contribution in [-0.2, 0) is 6.61 Å². The maximum absolute atomic E-state index is 9.70. The molecule has 0 radical (unpaired) electrons. The molecular formula is C9H16ClN3O2. The second-order valence-electron chi connectivity index (χ2n) is 3.13. The summed E-state index contributed by atoms with van der Waals surface area (Å²) in [6.45, 7) is 1.68. The number of rotatable bonds is 3. The Morgan fingerprint density at radius 2 is 2.13 bits per heavy atom. The van der Waals surface area contributed by atoms with E-state index in [-0.39, 0.29) is 31.3 Å². The number of nitrogens with zero attached hydrogens (tertiary/aromatic N) is 1. The molecule has 86 valence electrons. The topological polar surface area (TPSA) is 105 Å². The number of aliphatic hydroxyl groups excluding tert-OH is 1. The predicted molar refractivity (Wildman–Crippen MR) is 59.8 cm³/mol. The van der Waals surface area contributed by atoms with Crippen molar-refractivity contribution in [3.8, 4) is 5.75 Å². The lowest BCUT2D eigenvalue weighted by molar-refractivity contribution is 0.278. The Bertz CT molecular complexity index is 333. The first kappa shape index (κ1) is 14.1. The van der Waals surface area contributed by atoms with Crippen molar-refractivity contribution in [3.63, 3.8) is 0 Å². The molecule has 0 fully saturated rings. The lowest BCUT2D eigenvalue weighted by atomic mass is 10.0. The molecule has 1 heterocycles. The molecule has 0 aromatic carbocycles. The first-order valence-electron chi connectivity index (χ1n) is 4.35. The van der Waals surface area contributed by atoms with Gasteiger partial charge in [-0.25, -0.2) is 0 Å². The largest absolute Gasteiger partial charge is 0.506 e. The molecule has 0 saturated heterocycles. The summed E-state index contributed by atoms with van der Waals surface area (Å²) >= 11 is 0. The van der Waals surface area contributed by atoms with Gasteiger partial charge in [-0.2, -0.15) is 0 Å². The number of nitrogens with two attached hydrogens (primary N) is 2. The van der Waals surface area contributed by atoms with Gasteiger partial charge in [-0.05, 0) is 6.92 Å². The number of hydrogen-bond acceptors (Lipinski definition) is 5. The van der Waals surface area contributed by atoms with Crippen LogP contribution in [0.2, 0.25) is 0 Å². The summed E-state index contributed by atoms with van der Waals surface area (Å²) in [6.07, 6.45) is 1.50. The van der Waals surface area contributed by atoms with Crippen molar-refractivity contribution in [2.45, 2.75) is 19.6 Å². The van der Waals surface area contributed by atoms with Gasteiger partial charge >= 0.3 is 0 Å². The first-order chi connectivity index (χ1) is 6.61. The Balaban J connectivity index is 0.00000196. The predicted octanol–water partition coefficient (Wildman–Crippen LogP) is -0.0318. The molecule has 0 aliphatic carbocycles. The smallest absolute Gasteiger partial charge is 0.141 e. The maximum atomic E-state index is 9.70. The van der Waals surface area contributed by atoms with Crippen LogP contribution in [0.1, 0.15) is 22.9 Å². The van der Waals surface area contributed by atoms with Gasteiger partial charge in [0.25, 0.3) is 0 Å². The quantitative estimate of drug-likeness (QED) is 0.587. The van der Waals surface area contributed by atoms with Crippen molar-refractivity contribution in [1.82, 2.24) is 4.98 Å². The molecule has 15 heavy (non-hydrogen) atoms. The summed E-state index contributed by atoms with van der Waals surface area (Å²) in [4.78, 5) is 3.92. The van der Waals surface area contributed by atoms with E-state index in [9.17, 15) is 5.11 Å². The number of hydrogen-bond donors (Lipinski definition) is 4. The van der Waals surface area contributed by atoms with Gasteiger partial charge in [-0.3, -0.25) is 4.98 Å². The lowest BCUT2D eigenvalue weighted by Crippen LogP contribution is -2.22. The van der Waals surface area contributed by atoms with Crippen LogP contribution in [0.3, 0.4) is 0 Å². The van der Waals surface area contributed by atoms with E-state index in [1.807, 2.05) is 0 Å². The average Bonchev–Trinajstić information content (AvgIpc) is 2.20. The molecule has 0 spiro atoms. The Morgan fingerprint density at radius 1 is 1.53 bits per heavy atom. The first-order valence-corrected chi connectivity index (χ1v) is 4.35. The lowest BCUT2D eigenvalue weighted by Gasteiger charge is -2.16. The van der Waals surface area contributed by atoms with E-state index in [4.69, 9.17) is 16.6 Å². The third-order valence-corrected chi connectivity index (χ3v) is 2.15. The monoisotopic (exact) mass is 233 g/mol. The fourth-order valence-electron chi connectivity index (χ4n) is 1.31. The van der Waals surface area contributed by atoms with Crippen molar-refractivity contribution in [1.29, 1.82) is 0 Å². The fraction of sp³-hybridized carbons (Fsp3) is 0.444. The zero-order chi connectivity index (χ0) is 10.7. The highest BCUT2D eigenvalue weighted by Crippen LogP contribution is 2.28.